The van der Waals surface area contributed by atoms with Crippen LogP contribution in [0.1, 0.15) is 0 Å². The largest absolute Gasteiger partial charge is 0.455 e. The van der Waals surface area contributed by atoms with Gasteiger partial charge in [0.15, 0.2) is 5.75 Å². The normalized spacial score (nSPS) is 11.4. The fourth-order valence-corrected chi connectivity index (χ4v) is 3.93. The maximum absolute atomic E-state index is 6.16. The average Bonchev–Trinajstić information content (AvgIpc) is 3.30. The molecule has 0 saturated heterocycles. The lowest BCUT2D eigenvalue weighted by atomic mass is 10.2. The number of para-hydroxylation sites is 5. The van der Waals surface area contributed by atoms with Gasteiger partial charge < -0.3 is 4.74 Å². The highest BCUT2D eigenvalue weighted by Crippen LogP contribution is 2.34. The second-order valence-electron chi connectivity index (χ2n) is 6.95. The van der Waals surface area contributed by atoms with E-state index in [-0.39, 0.29) is 0 Å². The first kappa shape index (κ1) is 16.0. The van der Waals surface area contributed by atoms with Crippen molar-refractivity contribution in [3.05, 3.63) is 103 Å². The summed E-state index contributed by atoms with van der Waals surface area (Å²) in [5.74, 6) is 2.42. The highest BCUT2D eigenvalue weighted by molar-refractivity contribution is 5.94. The maximum atomic E-state index is 6.16. The van der Waals surface area contributed by atoms with E-state index in [0.717, 1.165) is 45.0 Å². The van der Waals surface area contributed by atoms with Crippen molar-refractivity contribution < 1.29 is 4.74 Å². The third-order valence-corrected chi connectivity index (χ3v) is 5.18. The Morgan fingerprint density at radius 1 is 0.586 bits per heavy atom. The summed E-state index contributed by atoms with van der Waals surface area (Å²) in [5, 5.41) is 0. The summed E-state index contributed by atoms with van der Waals surface area (Å²) < 4.78 is 10.6. The van der Waals surface area contributed by atoms with Crippen molar-refractivity contribution in [1.82, 2.24) is 14.0 Å². The van der Waals surface area contributed by atoms with Crippen LogP contribution < -0.4 is 4.74 Å². The molecule has 29 heavy (non-hydrogen) atoms. The molecular formula is C25H17N3O. The zero-order chi connectivity index (χ0) is 19.2. The molecule has 0 radical (unpaired) electrons. The van der Waals surface area contributed by atoms with E-state index in [9.17, 15) is 0 Å². The molecule has 0 saturated carbocycles. The molecule has 4 aromatic carbocycles. The molecule has 0 aliphatic heterocycles. The van der Waals surface area contributed by atoms with E-state index >= 15 is 0 Å². The van der Waals surface area contributed by atoms with Crippen LogP contribution in [-0.2, 0) is 0 Å². The molecule has 0 atom stereocenters. The molecule has 2 aromatic heterocycles. The van der Waals surface area contributed by atoms with Crippen LogP contribution in [-0.4, -0.2) is 14.0 Å². The summed E-state index contributed by atoms with van der Waals surface area (Å²) in [4.78, 5) is 5.03. The highest BCUT2D eigenvalue weighted by atomic mass is 16.5. The monoisotopic (exact) mass is 375 g/mol. The lowest BCUT2D eigenvalue weighted by Gasteiger charge is -2.06. The molecule has 138 valence electrons. The topological polar surface area (TPSA) is 31.5 Å². The molecule has 4 nitrogen and oxygen atoms in total. The fraction of sp³-hybridized carbons (Fsp3) is 0. The van der Waals surface area contributed by atoms with Crippen LogP contribution in [0, 0.1) is 0 Å². The van der Waals surface area contributed by atoms with Crippen LogP contribution in [0.25, 0.3) is 33.5 Å². The SMILES string of the molecule is c1ccc(Oc2cccc3c2nc2n(-c4ccccc4)c4ccccc4n32)cc1. The summed E-state index contributed by atoms with van der Waals surface area (Å²) in [5.41, 5.74) is 5.20. The molecule has 0 N–H and O–H groups in total. The van der Waals surface area contributed by atoms with E-state index in [4.69, 9.17) is 9.72 Å². The van der Waals surface area contributed by atoms with Crippen molar-refractivity contribution in [1.29, 1.82) is 0 Å². The van der Waals surface area contributed by atoms with E-state index in [1.807, 2.05) is 60.7 Å². The molecule has 6 aromatic rings. The first-order chi connectivity index (χ1) is 14.4. The Morgan fingerprint density at radius 2 is 1.24 bits per heavy atom. The Kier molecular flexibility index (Phi) is 3.43. The summed E-state index contributed by atoms with van der Waals surface area (Å²) in [7, 11) is 0. The third-order valence-electron chi connectivity index (χ3n) is 5.18. The van der Waals surface area contributed by atoms with Crippen molar-refractivity contribution in [2.75, 3.05) is 0 Å². The molecule has 0 aliphatic rings. The van der Waals surface area contributed by atoms with Crippen molar-refractivity contribution in [3.8, 4) is 17.2 Å². The molecular weight excluding hydrogens is 358 g/mol. The number of rotatable bonds is 3. The van der Waals surface area contributed by atoms with Crippen molar-refractivity contribution in [2.24, 2.45) is 0 Å². The number of benzene rings is 4. The van der Waals surface area contributed by atoms with Gasteiger partial charge in [0, 0.05) is 5.69 Å². The minimum atomic E-state index is 0.751. The summed E-state index contributed by atoms with van der Waals surface area (Å²) in [6.45, 7) is 0. The quantitative estimate of drug-likeness (QED) is 0.367. The van der Waals surface area contributed by atoms with Gasteiger partial charge in [0.25, 0.3) is 0 Å². The van der Waals surface area contributed by atoms with Gasteiger partial charge in [0.1, 0.15) is 11.3 Å². The molecule has 0 aliphatic carbocycles. The zero-order valence-corrected chi connectivity index (χ0v) is 15.6. The Morgan fingerprint density at radius 3 is 2.03 bits per heavy atom. The van der Waals surface area contributed by atoms with Crippen molar-refractivity contribution in [3.63, 3.8) is 0 Å². The number of imidazole rings is 2. The van der Waals surface area contributed by atoms with E-state index < -0.39 is 0 Å². The van der Waals surface area contributed by atoms with Gasteiger partial charge in [-0.1, -0.05) is 54.6 Å². The third kappa shape index (κ3) is 2.43. The van der Waals surface area contributed by atoms with Gasteiger partial charge in [-0.2, -0.15) is 0 Å². The van der Waals surface area contributed by atoms with Gasteiger partial charge >= 0.3 is 0 Å². The molecule has 0 spiro atoms. The van der Waals surface area contributed by atoms with Gasteiger partial charge in [-0.05, 0) is 48.5 Å². The predicted molar refractivity (Wildman–Crippen MR) is 116 cm³/mol. The zero-order valence-electron chi connectivity index (χ0n) is 15.6. The molecule has 0 amide bonds. The van der Waals surface area contributed by atoms with Crippen molar-refractivity contribution in [2.45, 2.75) is 0 Å². The van der Waals surface area contributed by atoms with E-state index in [1.54, 1.807) is 0 Å². The minimum absolute atomic E-state index is 0.751. The summed E-state index contributed by atoms with van der Waals surface area (Å²) in [6, 6.07) is 34.6. The summed E-state index contributed by atoms with van der Waals surface area (Å²) >= 11 is 0. The maximum Gasteiger partial charge on any atom is 0.220 e. The number of hydrogen-bond acceptors (Lipinski definition) is 2. The molecule has 0 fully saturated rings. The van der Waals surface area contributed by atoms with Gasteiger partial charge in [-0.15, -0.1) is 0 Å². The standard InChI is InChI=1S/C25H17N3O/c1-3-10-18(11-4-1)27-20-14-7-8-15-21(20)28-22-16-9-17-23(24(22)26-25(27)28)29-19-12-5-2-6-13-19/h1-17H. The molecule has 4 heteroatoms. The first-order valence-electron chi connectivity index (χ1n) is 9.59. The highest BCUT2D eigenvalue weighted by Gasteiger charge is 2.18. The Bertz CT molecular complexity index is 1460. The Balaban J connectivity index is 1.68. The van der Waals surface area contributed by atoms with Gasteiger partial charge in [-0.3, -0.25) is 8.97 Å². The van der Waals surface area contributed by atoms with Crippen LogP contribution in [0.5, 0.6) is 11.5 Å². The number of aromatic nitrogens is 3. The van der Waals surface area contributed by atoms with Crippen LogP contribution in [0.4, 0.5) is 0 Å². The van der Waals surface area contributed by atoms with Crippen LogP contribution in [0.3, 0.4) is 0 Å². The lowest BCUT2D eigenvalue weighted by Crippen LogP contribution is -1.94. The number of hydrogen-bond donors (Lipinski definition) is 0. The molecule has 6 rings (SSSR count). The van der Waals surface area contributed by atoms with E-state index in [2.05, 4.69) is 51.4 Å². The van der Waals surface area contributed by atoms with Crippen molar-refractivity contribution >= 4 is 27.8 Å². The van der Waals surface area contributed by atoms with Crippen LogP contribution in [0.2, 0.25) is 0 Å². The predicted octanol–water partition coefficient (Wildman–Crippen LogP) is 6.22. The second-order valence-corrected chi connectivity index (χ2v) is 6.95. The number of nitrogens with zero attached hydrogens (tertiary/aromatic N) is 3. The Labute approximate surface area is 167 Å². The lowest BCUT2D eigenvalue weighted by molar-refractivity contribution is 0.487. The smallest absolute Gasteiger partial charge is 0.220 e. The minimum Gasteiger partial charge on any atom is -0.455 e. The van der Waals surface area contributed by atoms with Gasteiger partial charge in [0.2, 0.25) is 5.78 Å². The molecule has 0 unspecified atom stereocenters. The number of fused-ring (bicyclic) bond motifs is 5. The average molecular weight is 375 g/mol. The van der Waals surface area contributed by atoms with Crippen LogP contribution in [0.15, 0.2) is 103 Å². The van der Waals surface area contributed by atoms with E-state index in [1.165, 1.54) is 0 Å². The number of ether oxygens (including phenoxy) is 1. The first-order valence-corrected chi connectivity index (χ1v) is 9.59. The molecule has 0 bridgehead atoms. The summed E-state index contributed by atoms with van der Waals surface area (Å²) in [6.07, 6.45) is 0. The van der Waals surface area contributed by atoms with Crippen LogP contribution >= 0.6 is 0 Å². The van der Waals surface area contributed by atoms with Gasteiger partial charge in [-0.25, -0.2) is 4.98 Å². The Hall–Kier alpha value is -4.05. The molecule has 2 heterocycles. The van der Waals surface area contributed by atoms with E-state index in [0.29, 0.717) is 0 Å². The second kappa shape index (κ2) is 6.24. The van der Waals surface area contributed by atoms with Gasteiger partial charge in [0.05, 0.1) is 16.6 Å². The fourth-order valence-electron chi connectivity index (χ4n) is 3.93.